The zero-order chi connectivity index (χ0) is 15.2. The zero-order valence-electron chi connectivity index (χ0n) is 11.1. The number of rotatable bonds is 6. The smallest absolute Gasteiger partial charge is 0.355 e. The number of carbonyl (C=O) groups excluding carboxylic acids is 1. The van der Waals surface area contributed by atoms with Gasteiger partial charge in [0.2, 0.25) is 0 Å². The molecular weight excluding hydrogens is 292 g/mol. The van der Waals surface area contributed by atoms with Crippen molar-refractivity contribution in [1.82, 2.24) is 15.3 Å². The molecule has 110 valence electrons. The first-order chi connectivity index (χ1) is 10.1. The number of pyridine rings is 1. The molecule has 7 nitrogen and oxygen atoms in total. The number of nitrogens with zero attached hydrogens (tertiary/aromatic N) is 2. The van der Waals surface area contributed by atoms with E-state index in [2.05, 4.69) is 15.3 Å². The molecule has 0 saturated carbocycles. The Bertz CT molecular complexity index is 656. The molecule has 0 spiro atoms. The quantitative estimate of drug-likeness (QED) is 0.721. The van der Waals surface area contributed by atoms with E-state index in [1.54, 1.807) is 12.1 Å². The minimum atomic E-state index is -1.05. The van der Waals surface area contributed by atoms with E-state index < -0.39 is 5.97 Å². The van der Waals surface area contributed by atoms with Crippen molar-refractivity contribution in [3.8, 4) is 0 Å². The van der Waals surface area contributed by atoms with Crippen LogP contribution in [0.4, 0.5) is 0 Å². The Morgan fingerprint density at radius 1 is 1.43 bits per heavy atom. The van der Waals surface area contributed by atoms with E-state index in [1.807, 2.05) is 0 Å². The number of aromatic carboxylic acids is 1. The molecule has 0 aliphatic heterocycles. The highest BCUT2D eigenvalue weighted by Crippen LogP contribution is 2.10. The second-order valence-electron chi connectivity index (χ2n) is 4.18. The van der Waals surface area contributed by atoms with E-state index in [1.165, 1.54) is 22.9 Å². The van der Waals surface area contributed by atoms with Crippen molar-refractivity contribution in [1.29, 1.82) is 0 Å². The van der Waals surface area contributed by atoms with Gasteiger partial charge in [-0.3, -0.25) is 9.78 Å². The molecule has 8 heteroatoms. The standard InChI is InChI=1S/C13H14N4O3S/c14-6-9-5-8(1-3-15-9)12(18)16-4-2-11-17-10(7-21-11)13(19)20/h1,3,5,7H,2,4,6,14H2,(H,16,18)(H,19,20). The van der Waals surface area contributed by atoms with Crippen molar-refractivity contribution in [2.24, 2.45) is 5.73 Å². The van der Waals surface area contributed by atoms with Crippen LogP contribution in [0.15, 0.2) is 23.7 Å². The first kappa shape index (κ1) is 15.1. The van der Waals surface area contributed by atoms with Gasteiger partial charge < -0.3 is 16.2 Å². The number of hydrogen-bond donors (Lipinski definition) is 3. The summed E-state index contributed by atoms with van der Waals surface area (Å²) in [6.45, 7) is 0.657. The van der Waals surface area contributed by atoms with Gasteiger partial charge in [0.05, 0.1) is 10.7 Å². The first-order valence-corrected chi connectivity index (χ1v) is 7.09. The number of carboxylic acids is 1. The van der Waals surface area contributed by atoms with Crippen LogP contribution in [0.5, 0.6) is 0 Å². The van der Waals surface area contributed by atoms with E-state index in [-0.39, 0.29) is 18.1 Å². The van der Waals surface area contributed by atoms with Crippen molar-refractivity contribution >= 4 is 23.2 Å². The van der Waals surface area contributed by atoms with E-state index in [9.17, 15) is 9.59 Å². The van der Waals surface area contributed by atoms with Crippen LogP contribution in [-0.2, 0) is 13.0 Å². The number of thiazole rings is 1. The Hall–Kier alpha value is -2.32. The maximum Gasteiger partial charge on any atom is 0.355 e. The van der Waals surface area contributed by atoms with Gasteiger partial charge in [0.1, 0.15) is 0 Å². The second-order valence-corrected chi connectivity index (χ2v) is 5.12. The molecule has 2 rings (SSSR count). The summed E-state index contributed by atoms with van der Waals surface area (Å²) in [5.41, 5.74) is 6.65. The van der Waals surface area contributed by atoms with E-state index in [4.69, 9.17) is 10.8 Å². The van der Waals surface area contributed by atoms with Crippen LogP contribution in [0.3, 0.4) is 0 Å². The third-order valence-corrected chi connectivity index (χ3v) is 3.59. The van der Waals surface area contributed by atoms with Gasteiger partial charge in [0.15, 0.2) is 5.69 Å². The van der Waals surface area contributed by atoms with Gasteiger partial charge in [-0.1, -0.05) is 0 Å². The van der Waals surface area contributed by atoms with Crippen LogP contribution in [0, 0.1) is 0 Å². The third kappa shape index (κ3) is 4.07. The molecule has 0 aliphatic carbocycles. The summed E-state index contributed by atoms with van der Waals surface area (Å²) < 4.78 is 0. The number of nitrogens with two attached hydrogens (primary N) is 1. The molecule has 0 unspecified atom stereocenters. The Balaban J connectivity index is 1.87. The van der Waals surface area contributed by atoms with Gasteiger partial charge in [-0.15, -0.1) is 11.3 Å². The Morgan fingerprint density at radius 3 is 2.90 bits per heavy atom. The minimum Gasteiger partial charge on any atom is -0.476 e. The lowest BCUT2D eigenvalue weighted by Gasteiger charge is -2.05. The molecule has 0 aliphatic rings. The SMILES string of the molecule is NCc1cc(C(=O)NCCc2nc(C(=O)O)cs2)ccn1. The minimum absolute atomic E-state index is 0.0306. The lowest BCUT2D eigenvalue weighted by molar-refractivity contribution is 0.0690. The van der Waals surface area contributed by atoms with Gasteiger partial charge in [-0.2, -0.15) is 0 Å². The van der Waals surface area contributed by atoms with E-state index in [0.717, 1.165) is 0 Å². The Kier molecular flexibility index (Phi) is 4.96. The molecule has 2 aromatic rings. The number of carboxylic acid groups (broad SMARTS) is 1. The first-order valence-electron chi connectivity index (χ1n) is 6.21. The molecular formula is C13H14N4O3S. The maximum absolute atomic E-state index is 11.9. The number of aromatic nitrogens is 2. The largest absolute Gasteiger partial charge is 0.476 e. The summed E-state index contributed by atoms with van der Waals surface area (Å²) in [7, 11) is 0. The van der Waals surface area contributed by atoms with Gasteiger partial charge >= 0.3 is 5.97 Å². The van der Waals surface area contributed by atoms with E-state index >= 15 is 0 Å². The fourth-order valence-electron chi connectivity index (χ4n) is 1.64. The fourth-order valence-corrected chi connectivity index (χ4v) is 2.41. The molecule has 2 aromatic heterocycles. The molecule has 0 radical (unpaired) electrons. The average Bonchev–Trinajstić information content (AvgIpc) is 2.96. The van der Waals surface area contributed by atoms with Gasteiger partial charge in [-0.05, 0) is 12.1 Å². The Labute approximate surface area is 124 Å². The predicted molar refractivity (Wildman–Crippen MR) is 77.2 cm³/mol. The highest BCUT2D eigenvalue weighted by Gasteiger charge is 2.10. The van der Waals surface area contributed by atoms with Gasteiger partial charge in [0, 0.05) is 36.7 Å². The second kappa shape index (κ2) is 6.91. The van der Waals surface area contributed by atoms with Crippen molar-refractivity contribution in [2.75, 3.05) is 6.54 Å². The monoisotopic (exact) mass is 306 g/mol. The molecule has 0 atom stereocenters. The lowest BCUT2D eigenvalue weighted by Crippen LogP contribution is -2.26. The summed E-state index contributed by atoms with van der Waals surface area (Å²) in [5.74, 6) is -1.27. The van der Waals surface area contributed by atoms with Gasteiger partial charge in [-0.25, -0.2) is 9.78 Å². The van der Waals surface area contributed by atoms with Gasteiger partial charge in [0.25, 0.3) is 5.91 Å². The van der Waals surface area contributed by atoms with Crippen LogP contribution in [0.1, 0.15) is 31.5 Å². The highest BCUT2D eigenvalue weighted by molar-refractivity contribution is 7.09. The molecule has 0 saturated heterocycles. The molecule has 21 heavy (non-hydrogen) atoms. The third-order valence-electron chi connectivity index (χ3n) is 2.68. The lowest BCUT2D eigenvalue weighted by atomic mass is 10.2. The topological polar surface area (TPSA) is 118 Å². The summed E-state index contributed by atoms with van der Waals surface area (Å²) in [4.78, 5) is 30.6. The van der Waals surface area contributed by atoms with Crippen LogP contribution in [0.2, 0.25) is 0 Å². The van der Waals surface area contributed by atoms with Crippen molar-refractivity contribution in [3.05, 3.63) is 45.7 Å². The normalized spacial score (nSPS) is 10.3. The molecule has 2 heterocycles. The number of nitrogens with one attached hydrogen (secondary N) is 1. The number of amides is 1. The van der Waals surface area contributed by atoms with Crippen molar-refractivity contribution in [3.63, 3.8) is 0 Å². The molecule has 0 aromatic carbocycles. The van der Waals surface area contributed by atoms with Crippen LogP contribution in [0.25, 0.3) is 0 Å². The molecule has 0 fully saturated rings. The summed E-state index contributed by atoms with van der Waals surface area (Å²) in [5, 5.41) is 13.7. The summed E-state index contributed by atoms with van der Waals surface area (Å²) in [6, 6.07) is 3.25. The summed E-state index contributed by atoms with van der Waals surface area (Å²) in [6.07, 6.45) is 2.02. The summed E-state index contributed by atoms with van der Waals surface area (Å²) >= 11 is 1.26. The predicted octanol–water partition coefficient (Wildman–Crippen LogP) is 0.667. The van der Waals surface area contributed by atoms with Crippen LogP contribution < -0.4 is 11.1 Å². The molecule has 4 N–H and O–H groups in total. The molecule has 0 bridgehead atoms. The average molecular weight is 306 g/mol. The van der Waals surface area contributed by atoms with Crippen molar-refractivity contribution in [2.45, 2.75) is 13.0 Å². The zero-order valence-corrected chi connectivity index (χ0v) is 11.9. The Morgan fingerprint density at radius 2 is 2.24 bits per heavy atom. The maximum atomic E-state index is 11.9. The number of carbonyl (C=O) groups is 2. The molecule has 1 amide bonds. The highest BCUT2D eigenvalue weighted by atomic mass is 32.1. The van der Waals surface area contributed by atoms with Crippen LogP contribution >= 0.6 is 11.3 Å². The van der Waals surface area contributed by atoms with Crippen molar-refractivity contribution < 1.29 is 14.7 Å². The van der Waals surface area contributed by atoms with E-state index in [0.29, 0.717) is 29.2 Å². The van der Waals surface area contributed by atoms with Crippen LogP contribution in [-0.4, -0.2) is 33.5 Å². The number of hydrogen-bond acceptors (Lipinski definition) is 6. The fraction of sp³-hybridized carbons (Fsp3) is 0.231.